The summed E-state index contributed by atoms with van der Waals surface area (Å²) in [7, 11) is 0. The molecule has 2 aromatic heterocycles. The zero-order valence-corrected chi connectivity index (χ0v) is 19.3. The second-order valence-electron chi connectivity index (χ2n) is 8.43. The highest BCUT2D eigenvalue weighted by molar-refractivity contribution is 7.10. The van der Waals surface area contributed by atoms with E-state index in [0.29, 0.717) is 5.56 Å². The summed E-state index contributed by atoms with van der Waals surface area (Å²) < 4.78 is 13.5. The van der Waals surface area contributed by atoms with Crippen LogP contribution in [0.4, 0.5) is 4.39 Å². The van der Waals surface area contributed by atoms with Gasteiger partial charge in [-0.3, -0.25) is 14.6 Å². The van der Waals surface area contributed by atoms with Crippen molar-refractivity contribution in [2.75, 3.05) is 0 Å². The topological polar surface area (TPSA) is 62.3 Å². The third-order valence-electron chi connectivity index (χ3n) is 6.03. The molecule has 1 N–H and O–H groups in total. The average molecular weight is 466 g/mol. The molecule has 5 nitrogen and oxygen atoms in total. The first kappa shape index (κ1) is 23.1. The Balaban J connectivity index is 1.66. The smallest absolute Gasteiger partial charge is 0.247 e. The lowest BCUT2D eigenvalue weighted by atomic mass is 9.94. The number of carbonyl (C=O) groups excluding carboxylic acids is 2. The molecule has 2 amide bonds. The van der Waals surface area contributed by atoms with Gasteiger partial charge in [0.15, 0.2) is 0 Å². The lowest BCUT2D eigenvalue weighted by Gasteiger charge is -2.33. The molecular formula is C26H28FN3O2S. The fourth-order valence-corrected chi connectivity index (χ4v) is 5.02. The molecule has 0 bridgehead atoms. The Kier molecular flexibility index (Phi) is 7.83. The summed E-state index contributed by atoms with van der Waals surface area (Å²) in [6.45, 7) is 0.204. The first-order chi connectivity index (χ1) is 16.1. The Bertz CT molecular complexity index is 1040. The minimum atomic E-state index is -0.799. The first-order valence-corrected chi connectivity index (χ1v) is 12.2. The van der Waals surface area contributed by atoms with Gasteiger partial charge < -0.3 is 10.2 Å². The van der Waals surface area contributed by atoms with E-state index in [1.165, 1.54) is 29.9 Å². The van der Waals surface area contributed by atoms with Crippen LogP contribution in [0.2, 0.25) is 0 Å². The maximum absolute atomic E-state index is 13.6. The predicted octanol–water partition coefficient (Wildman–Crippen LogP) is 5.04. The quantitative estimate of drug-likeness (QED) is 0.507. The van der Waals surface area contributed by atoms with Crippen molar-refractivity contribution < 1.29 is 14.0 Å². The highest BCUT2D eigenvalue weighted by atomic mass is 32.1. The van der Waals surface area contributed by atoms with Crippen LogP contribution in [-0.2, 0) is 22.6 Å². The molecule has 4 rings (SSSR count). The molecule has 7 heteroatoms. The zero-order chi connectivity index (χ0) is 23.0. The van der Waals surface area contributed by atoms with Gasteiger partial charge >= 0.3 is 0 Å². The Labute approximate surface area is 197 Å². The number of nitrogens with zero attached hydrogens (tertiary/aromatic N) is 2. The molecule has 1 saturated carbocycles. The molecule has 0 aliphatic heterocycles. The monoisotopic (exact) mass is 465 g/mol. The lowest BCUT2D eigenvalue weighted by Crippen LogP contribution is -2.47. The zero-order valence-electron chi connectivity index (χ0n) is 18.5. The van der Waals surface area contributed by atoms with Gasteiger partial charge in [-0.15, -0.1) is 11.3 Å². The molecule has 172 valence electrons. The van der Waals surface area contributed by atoms with E-state index in [9.17, 15) is 14.0 Å². The van der Waals surface area contributed by atoms with Crippen molar-refractivity contribution in [2.24, 2.45) is 0 Å². The van der Waals surface area contributed by atoms with Crippen LogP contribution in [0, 0.1) is 5.82 Å². The number of pyridine rings is 1. The minimum Gasteiger partial charge on any atom is -0.351 e. The third kappa shape index (κ3) is 6.26. The first-order valence-electron chi connectivity index (χ1n) is 11.4. The van der Waals surface area contributed by atoms with Crippen LogP contribution in [0.1, 0.15) is 54.1 Å². The Hall–Kier alpha value is -3.06. The predicted molar refractivity (Wildman–Crippen MR) is 127 cm³/mol. The molecule has 0 radical (unpaired) electrons. The highest BCUT2D eigenvalue weighted by Gasteiger charge is 2.33. The van der Waals surface area contributed by atoms with Crippen LogP contribution in [0.15, 0.2) is 66.3 Å². The molecule has 0 spiro atoms. The van der Waals surface area contributed by atoms with Gasteiger partial charge in [0.05, 0.1) is 6.42 Å². The number of hydrogen-bond donors (Lipinski definition) is 1. The molecule has 1 aliphatic carbocycles. The SMILES string of the molecule is O=C(NC1CCCCC1)[C@@H](c1ccncc1)N(Cc1ccc(F)cc1)C(=O)Cc1cccs1. The summed E-state index contributed by atoms with van der Waals surface area (Å²) in [6.07, 6.45) is 8.77. The summed E-state index contributed by atoms with van der Waals surface area (Å²) in [6, 6.07) is 12.8. The summed E-state index contributed by atoms with van der Waals surface area (Å²) in [5.41, 5.74) is 1.47. The van der Waals surface area contributed by atoms with E-state index in [1.54, 1.807) is 41.6 Å². The lowest BCUT2D eigenvalue weighted by molar-refractivity contribution is -0.141. The van der Waals surface area contributed by atoms with E-state index >= 15 is 0 Å². The third-order valence-corrected chi connectivity index (χ3v) is 6.90. The van der Waals surface area contributed by atoms with Crippen molar-refractivity contribution in [1.82, 2.24) is 15.2 Å². The average Bonchev–Trinajstić information content (AvgIpc) is 3.34. The van der Waals surface area contributed by atoms with Crippen molar-refractivity contribution >= 4 is 23.2 Å². The fraction of sp³-hybridized carbons (Fsp3) is 0.346. The minimum absolute atomic E-state index is 0.121. The normalized spacial score (nSPS) is 15.1. The molecule has 1 atom stereocenters. The Morgan fingerprint density at radius 3 is 2.45 bits per heavy atom. The second-order valence-corrected chi connectivity index (χ2v) is 9.46. The van der Waals surface area contributed by atoms with Crippen LogP contribution in [0.25, 0.3) is 0 Å². The largest absolute Gasteiger partial charge is 0.351 e. The van der Waals surface area contributed by atoms with Crippen molar-refractivity contribution in [2.45, 2.75) is 57.2 Å². The van der Waals surface area contributed by atoms with Gasteiger partial charge in [0.1, 0.15) is 11.9 Å². The number of nitrogens with one attached hydrogen (secondary N) is 1. The number of carbonyl (C=O) groups is 2. The van der Waals surface area contributed by atoms with E-state index in [4.69, 9.17) is 0 Å². The number of amides is 2. The Morgan fingerprint density at radius 2 is 1.79 bits per heavy atom. The molecule has 33 heavy (non-hydrogen) atoms. The summed E-state index contributed by atoms with van der Waals surface area (Å²) in [5, 5.41) is 5.13. The van der Waals surface area contributed by atoms with Crippen LogP contribution in [0.3, 0.4) is 0 Å². The van der Waals surface area contributed by atoms with Crippen molar-refractivity contribution in [3.05, 3.63) is 88.1 Å². The molecular weight excluding hydrogens is 437 g/mol. The molecule has 0 unspecified atom stereocenters. The summed E-state index contributed by atoms with van der Waals surface area (Å²) in [4.78, 5) is 33.8. The van der Waals surface area contributed by atoms with E-state index in [2.05, 4.69) is 10.3 Å². The van der Waals surface area contributed by atoms with E-state index < -0.39 is 6.04 Å². The van der Waals surface area contributed by atoms with Gasteiger partial charge in [-0.2, -0.15) is 0 Å². The van der Waals surface area contributed by atoms with Gasteiger partial charge in [-0.1, -0.05) is 37.5 Å². The van der Waals surface area contributed by atoms with Crippen LogP contribution < -0.4 is 5.32 Å². The summed E-state index contributed by atoms with van der Waals surface area (Å²) >= 11 is 1.51. The fourth-order valence-electron chi connectivity index (χ4n) is 4.32. The van der Waals surface area contributed by atoms with Gasteiger partial charge in [-0.25, -0.2) is 4.39 Å². The maximum Gasteiger partial charge on any atom is 0.247 e. The van der Waals surface area contributed by atoms with Gasteiger partial charge in [0.25, 0.3) is 0 Å². The van der Waals surface area contributed by atoms with E-state index in [1.807, 2.05) is 17.5 Å². The molecule has 0 saturated heterocycles. The highest BCUT2D eigenvalue weighted by Crippen LogP contribution is 2.27. The molecule has 1 aliphatic rings. The molecule has 3 aromatic rings. The maximum atomic E-state index is 13.6. The summed E-state index contributed by atoms with van der Waals surface area (Å²) in [5.74, 6) is -0.673. The Morgan fingerprint density at radius 1 is 1.06 bits per heavy atom. The molecule has 1 fully saturated rings. The number of hydrogen-bond acceptors (Lipinski definition) is 4. The van der Waals surface area contributed by atoms with E-state index in [0.717, 1.165) is 36.1 Å². The van der Waals surface area contributed by atoms with Gasteiger partial charge in [-0.05, 0) is 59.7 Å². The van der Waals surface area contributed by atoms with Crippen molar-refractivity contribution in [1.29, 1.82) is 0 Å². The van der Waals surface area contributed by atoms with Crippen LogP contribution >= 0.6 is 11.3 Å². The number of thiophene rings is 1. The van der Waals surface area contributed by atoms with Crippen molar-refractivity contribution in [3.63, 3.8) is 0 Å². The standard InChI is InChI=1S/C26H28FN3O2S/c27-21-10-8-19(9-11-21)18-30(24(31)17-23-7-4-16-33-23)25(20-12-14-28-15-13-20)26(32)29-22-5-2-1-3-6-22/h4,7-16,22,25H,1-3,5-6,17-18H2,(H,29,32)/t25-/m1/s1. The van der Waals surface area contributed by atoms with Crippen LogP contribution in [0.5, 0.6) is 0 Å². The number of benzene rings is 1. The van der Waals surface area contributed by atoms with E-state index in [-0.39, 0.29) is 36.6 Å². The van der Waals surface area contributed by atoms with Crippen molar-refractivity contribution in [3.8, 4) is 0 Å². The molecule has 2 heterocycles. The number of halogens is 1. The van der Waals surface area contributed by atoms with Gasteiger partial charge in [0.2, 0.25) is 11.8 Å². The van der Waals surface area contributed by atoms with Crippen LogP contribution in [-0.4, -0.2) is 27.7 Å². The molecule has 1 aromatic carbocycles. The van der Waals surface area contributed by atoms with Gasteiger partial charge in [0, 0.05) is 29.9 Å². The number of aromatic nitrogens is 1. The second kappa shape index (κ2) is 11.2. The number of rotatable bonds is 8.